The number of alkyl halides is 3. The molecule has 114 valence electrons. The highest BCUT2D eigenvalue weighted by Gasteiger charge is 2.27. The number of rotatable bonds is 8. The molecule has 1 rings (SSSR count). The lowest BCUT2D eigenvalue weighted by molar-refractivity contribution is -0.173. The molecule has 0 aromatic heterocycles. The van der Waals surface area contributed by atoms with E-state index in [-0.39, 0.29) is 6.61 Å². The highest BCUT2D eigenvalue weighted by molar-refractivity contribution is 5.57. The number of hydrogen-bond donors (Lipinski definition) is 1. The lowest BCUT2D eigenvalue weighted by atomic mass is 10.0. The molecular weight excluding hydrogens is 267 g/mol. The van der Waals surface area contributed by atoms with Crippen molar-refractivity contribution in [2.24, 2.45) is 0 Å². The number of hydrogen-bond acceptors (Lipinski definition) is 2. The van der Waals surface area contributed by atoms with Gasteiger partial charge in [-0.1, -0.05) is 32.0 Å². The fourth-order valence-electron chi connectivity index (χ4n) is 2.05. The van der Waals surface area contributed by atoms with E-state index in [4.69, 9.17) is 0 Å². The van der Waals surface area contributed by atoms with Crippen LogP contribution < -0.4 is 5.32 Å². The van der Waals surface area contributed by atoms with E-state index >= 15 is 0 Å². The average Bonchev–Trinajstić information content (AvgIpc) is 2.41. The predicted octanol–water partition coefficient (Wildman–Crippen LogP) is 4.19. The zero-order valence-corrected chi connectivity index (χ0v) is 12.0. The van der Waals surface area contributed by atoms with E-state index in [9.17, 15) is 13.2 Å². The summed E-state index contributed by atoms with van der Waals surface area (Å²) in [6.07, 6.45) is -1.82. The van der Waals surface area contributed by atoms with Gasteiger partial charge in [0.1, 0.15) is 6.61 Å². The van der Waals surface area contributed by atoms with Gasteiger partial charge in [0.15, 0.2) is 0 Å². The van der Waals surface area contributed by atoms with Gasteiger partial charge < -0.3 is 10.1 Å². The van der Waals surface area contributed by atoms with Crippen molar-refractivity contribution < 1.29 is 17.9 Å². The highest BCUT2D eigenvalue weighted by atomic mass is 19.4. The second-order valence-corrected chi connectivity index (χ2v) is 4.61. The SMILES string of the molecule is CCc1cccc(CC)c1NCCCOCC(F)(F)F. The molecule has 1 N–H and O–H groups in total. The van der Waals surface area contributed by atoms with Crippen LogP contribution in [0.25, 0.3) is 0 Å². The lowest BCUT2D eigenvalue weighted by Gasteiger charge is -2.15. The topological polar surface area (TPSA) is 21.3 Å². The van der Waals surface area contributed by atoms with Gasteiger partial charge in [-0.2, -0.15) is 13.2 Å². The van der Waals surface area contributed by atoms with Gasteiger partial charge in [0, 0.05) is 18.8 Å². The van der Waals surface area contributed by atoms with Crippen LogP contribution in [0.15, 0.2) is 18.2 Å². The molecule has 0 bridgehead atoms. The summed E-state index contributed by atoms with van der Waals surface area (Å²) >= 11 is 0. The Morgan fingerprint density at radius 1 is 1.10 bits per heavy atom. The third-order valence-corrected chi connectivity index (χ3v) is 3.03. The van der Waals surface area contributed by atoms with Crippen LogP contribution in [0.3, 0.4) is 0 Å². The third-order valence-electron chi connectivity index (χ3n) is 3.03. The Bertz CT molecular complexity index is 382. The van der Waals surface area contributed by atoms with Crippen molar-refractivity contribution >= 4 is 5.69 Å². The van der Waals surface area contributed by atoms with E-state index in [0.29, 0.717) is 13.0 Å². The maximum Gasteiger partial charge on any atom is 0.411 e. The number of nitrogens with one attached hydrogen (secondary N) is 1. The van der Waals surface area contributed by atoms with Crippen LogP contribution >= 0.6 is 0 Å². The molecule has 0 fully saturated rings. The summed E-state index contributed by atoms with van der Waals surface area (Å²) in [6, 6.07) is 6.18. The number of aryl methyl sites for hydroxylation is 2. The van der Waals surface area contributed by atoms with Crippen molar-refractivity contribution in [3.05, 3.63) is 29.3 Å². The Hall–Kier alpha value is -1.23. The van der Waals surface area contributed by atoms with Crippen molar-refractivity contribution in [1.82, 2.24) is 0 Å². The number of benzene rings is 1. The highest BCUT2D eigenvalue weighted by Crippen LogP contribution is 2.22. The molecule has 2 nitrogen and oxygen atoms in total. The minimum absolute atomic E-state index is 0.113. The summed E-state index contributed by atoms with van der Waals surface area (Å²) in [5, 5.41) is 3.32. The molecule has 5 heteroatoms. The van der Waals surface area contributed by atoms with Gasteiger partial charge in [0.05, 0.1) is 0 Å². The molecule has 0 aliphatic rings. The Morgan fingerprint density at radius 2 is 1.70 bits per heavy atom. The quantitative estimate of drug-likeness (QED) is 0.724. The predicted molar refractivity (Wildman–Crippen MR) is 75.2 cm³/mol. The molecule has 0 heterocycles. The Labute approximate surface area is 118 Å². The van der Waals surface area contributed by atoms with Crippen molar-refractivity contribution in [3.63, 3.8) is 0 Å². The van der Waals surface area contributed by atoms with Crippen LogP contribution in [-0.4, -0.2) is 25.9 Å². The molecule has 0 saturated carbocycles. The van der Waals surface area contributed by atoms with Gasteiger partial charge >= 0.3 is 6.18 Å². The molecule has 20 heavy (non-hydrogen) atoms. The first kappa shape index (κ1) is 16.8. The van der Waals surface area contributed by atoms with Crippen molar-refractivity contribution in [2.45, 2.75) is 39.3 Å². The third kappa shape index (κ3) is 5.82. The second kappa shape index (κ2) is 8.15. The molecule has 0 atom stereocenters. The maximum absolute atomic E-state index is 11.9. The summed E-state index contributed by atoms with van der Waals surface area (Å²) < 4.78 is 40.2. The van der Waals surface area contributed by atoms with Crippen LogP contribution in [0.1, 0.15) is 31.4 Å². The van der Waals surface area contributed by atoms with E-state index in [1.165, 1.54) is 11.1 Å². The Balaban J connectivity index is 2.38. The summed E-state index contributed by atoms with van der Waals surface area (Å²) in [7, 11) is 0. The van der Waals surface area contributed by atoms with Crippen LogP contribution in [-0.2, 0) is 17.6 Å². The Kier molecular flexibility index (Phi) is 6.85. The molecular formula is C15H22F3NO. The van der Waals surface area contributed by atoms with Gasteiger partial charge in [-0.15, -0.1) is 0 Å². The molecule has 0 unspecified atom stereocenters. The molecule has 0 saturated heterocycles. The zero-order valence-electron chi connectivity index (χ0n) is 12.0. The van der Waals surface area contributed by atoms with Crippen LogP contribution in [0.2, 0.25) is 0 Å². The standard InChI is InChI=1S/C15H22F3NO/c1-3-12-7-5-8-13(4-2)14(12)19-9-6-10-20-11-15(16,17)18/h5,7-8,19H,3-4,6,9-11H2,1-2H3. The molecule has 0 aliphatic carbocycles. The van der Waals surface area contributed by atoms with E-state index in [1.807, 2.05) is 6.07 Å². The monoisotopic (exact) mass is 289 g/mol. The van der Waals surface area contributed by atoms with Crippen molar-refractivity contribution in [1.29, 1.82) is 0 Å². The molecule has 0 amide bonds. The van der Waals surface area contributed by atoms with Gasteiger partial charge in [0.25, 0.3) is 0 Å². The van der Waals surface area contributed by atoms with Gasteiger partial charge in [-0.25, -0.2) is 0 Å². The van der Waals surface area contributed by atoms with Crippen molar-refractivity contribution in [3.8, 4) is 0 Å². The fraction of sp³-hybridized carbons (Fsp3) is 0.600. The normalized spacial score (nSPS) is 11.7. The first-order valence-corrected chi connectivity index (χ1v) is 6.97. The van der Waals surface area contributed by atoms with E-state index < -0.39 is 12.8 Å². The van der Waals surface area contributed by atoms with E-state index in [2.05, 4.69) is 36.0 Å². The van der Waals surface area contributed by atoms with Crippen molar-refractivity contribution in [2.75, 3.05) is 25.1 Å². The number of para-hydroxylation sites is 1. The lowest BCUT2D eigenvalue weighted by Crippen LogP contribution is -2.18. The van der Waals surface area contributed by atoms with E-state index in [0.717, 1.165) is 18.5 Å². The number of anilines is 1. The number of halogens is 3. The molecule has 0 spiro atoms. The summed E-state index contributed by atoms with van der Waals surface area (Å²) in [5.41, 5.74) is 3.59. The molecule has 1 aromatic rings. The van der Waals surface area contributed by atoms with Gasteiger partial charge in [0.2, 0.25) is 0 Å². The Morgan fingerprint density at radius 3 is 2.20 bits per heavy atom. The minimum atomic E-state index is -4.24. The maximum atomic E-state index is 11.9. The smallest absolute Gasteiger partial charge is 0.385 e. The van der Waals surface area contributed by atoms with Gasteiger partial charge in [-0.3, -0.25) is 0 Å². The zero-order chi connectivity index (χ0) is 15.0. The fourth-order valence-corrected chi connectivity index (χ4v) is 2.05. The number of ether oxygens (including phenoxy) is 1. The summed E-state index contributed by atoms with van der Waals surface area (Å²) in [6.45, 7) is 3.74. The summed E-state index contributed by atoms with van der Waals surface area (Å²) in [4.78, 5) is 0. The van der Waals surface area contributed by atoms with Crippen LogP contribution in [0.4, 0.5) is 18.9 Å². The molecule has 0 aliphatic heterocycles. The van der Waals surface area contributed by atoms with E-state index in [1.54, 1.807) is 0 Å². The van der Waals surface area contributed by atoms with Crippen LogP contribution in [0.5, 0.6) is 0 Å². The first-order chi connectivity index (χ1) is 9.48. The second-order valence-electron chi connectivity index (χ2n) is 4.61. The van der Waals surface area contributed by atoms with Crippen LogP contribution in [0, 0.1) is 0 Å². The molecule has 1 aromatic carbocycles. The van der Waals surface area contributed by atoms with Gasteiger partial charge in [-0.05, 0) is 30.4 Å². The minimum Gasteiger partial charge on any atom is -0.385 e. The average molecular weight is 289 g/mol. The summed E-state index contributed by atoms with van der Waals surface area (Å²) in [5.74, 6) is 0. The molecule has 0 radical (unpaired) electrons. The first-order valence-electron chi connectivity index (χ1n) is 6.97. The largest absolute Gasteiger partial charge is 0.411 e.